The zero-order chi connectivity index (χ0) is 23.0. The highest BCUT2D eigenvalue weighted by Crippen LogP contribution is 2.20. The molecule has 1 aromatic heterocycles. The largest absolute Gasteiger partial charge is 0.484 e. The molecule has 2 aromatic rings. The Balaban J connectivity index is 1.20. The molecule has 2 aliphatic heterocycles. The minimum atomic E-state index is -0.367. The van der Waals surface area contributed by atoms with Gasteiger partial charge in [0.05, 0.1) is 6.42 Å². The number of piperidine rings is 1. The van der Waals surface area contributed by atoms with E-state index >= 15 is 0 Å². The van der Waals surface area contributed by atoms with Crippen LogP contribution in [0, 0.1) is 5.92 Å². The maximum absolute atomic E-state index is 12.7. The Bertz CT molecular complexity index is 913. The Morgan fingerprint density at radius 3 is 2.52 bits per heavy atom. The lowest BCUT2D eigenvalue weighted by Gasteiger charge is -2.39. The third-order valence-corrected chi connectivity index (χ3v) is 6.40. The Labute approximate surface area is 195 Å². The smallest absolute Gasteiger partial charge is 0.260 e. The van der Waals surface area contributed by atoms with E-state index in [2.05, 4.69) is 20.9 Å². The minimum Gasteiger partial charge on any atom is -0.484 e. The second-order valence-corrected chi connectivity index (χ2v) is 8.90. The lowest BCUT2D eigenvalue weighted by atomic mass is 9.97. The molecule has 3 heterocycles. The van der Waals surface area contributed by atoms with Gasteiger partial charge in [0.2, 0.25) is 5.91 Å². The predicted molar refractivity (Wildman–Crippen MR) is 127 cm³/mol. The lowest BCUT2D eigenvalue weighted by molar-refractivity contribution is -0.135. The number of benzene rings is 1. The number of piperazine rings is 1. The highest BCUT2D eigenvalue weighted by Gasteiger charge is 2.27. The molecule has 2 saturated heterocycles. The van der Waals surface area contributed by atoms with E-state index < -0.39 is 0 Å². The summed E-state index contributed by atoms with van der Waals surface area (Å²) in [5.41, 5.74) is 6.05. The molecular formula is C25H33N5O3. The highest BCUT2D eigenvalue weighted by molar-refractivity contribution is 5.78. The number of amides is 2. The van der Waals surface area contributed by atoms with Gasteiger partial charge in [0.1, 0.15) is 11.6 Å². The fraction of sp³-hybridized carbons (Fsp3) is 0.480. The van der Waals surface area contributed by atoms with Gasteiger partial charge in [0.25, 0.3) is 5.91 Å². The Morgan fingerprint density at radius 1 is 1.03 bits per heavy atom. The topological polar surface area (TPSA) is 92.0 Å². The number of nitrogens with two attached hydrogens (primary N) is 1. The fourth-order valence-corrected chi connectivity index (χ4v) is 4.65. The molecule has 2 aliphatic rings. The molecule has 1 unspecified atom stereocenters. The van der Waals surface area contributed by atoms with Crippen LogP contribution in [0.15, 0.2) is 48.7 Å². The van der Waals surface area contributed by atoms with Gasteiger partial charge in [-0.25, -0.2) is 4.98 Å². The van der Waals surface area contributed by atoms with E-state index in [0.29, 0.717) is 11.7 Å². The molecule has 176 valence electrons. The van der Waals surface area contributed by atoms with Gasteiger partial charge in [-0.1, -0.05) is 18.2 Å². The van der Waals surface area contributed by atoms with E-state index in [-0.39, 0.29) is 24.8 Å². The maximum Gasteiger partial charge on any atom is 0.260 e. The first-order chi connectivity index (χ1) is 16.1. The van der Waals surface area contributed by atoms with Crippen molar-refractivity contribution < 1.29 is 14.3 Å². The van der Waals surface area contributed by atoms with E-state index in [9.17, 15) is 9.59 Å². The number of primary amides is 1. The second kappa shape index (κ2) is 11.1. The molecular weight excluding hydrogens is 418 g/mol. The normalized spacial score (nSPS) is 19.3. The average molecular weight is 452 g/mol. The van der Waals surface area contributed by atoms with Crippen molar-refractivity contribution in [1.82, 2.24) is 14.8 Å². The number of carbonyl (C=O) groups is 2. The van der Waals surface area contributed by atoms with Crippen LogP contribution < -0.4 is 15.4 Å². The summed E-state index contributed by atoms with van der Waals surface area (Å²) in [4.78, 5) is 35.0. The molecule has 0 bridgehead atoms. The zero-order valence-corrected chi connectivity index (χ0v) is 19.1. The lowest BCUT2D eigenvalue weighted by Crippen LogP contribution is -2.50. The molecule has 8 nitrogen and oxygen atoms in total. The monoisotopic (exact) mass is 451 g/mol. The molecule has 1 atom stereocenters. The first kappa shape index (κ1) is 23.0. The van der Waals surface area contributed by atoms with Gasteiger partial charge in [0.15, 0.2) is 6.61 Å². The predicted octanol–water partition coefficient (Wildman–Crippen LogP) is 1.55. The molecule has 0 aliphatic carbocycles. The first-order valence-electron chi connectivity index (χ1n) is 11.7. The van der Waals surface area contributed by atoms with Crippen LogP contribution in [0.4, 0.5) is 5.82 Å². The van der Waals surface area contributed by atoms with Crippen molar-refractivity contribution in [1.29, 1.82) is 0 Å². The summed E-state index contributed by atoms with van der Waals surface area (Å²) >= 11 is 0. The van der Waals surface area contributed by atoms with Crippen LogP contribution in [0.3, 0.4) is 0 Å². The number of pyridine rings is 1. The molecule has 2 amide bonds. The number of likely N-dealkylation sites (tertiary alicyclic amines) is 1. The third-order valence-electron chi connectivity index (χ3n) is 6.40. The molecule has 4 rings (SSSR count). The van der Waals surface area contributed by atoms with Crippen LogP contribution in [0.1, 0.15) is 18.4 Å². The standard InChI is InChI=1S/C25H33N5O3/c26-23(31)16-20-6-8-22(9-7-20)33-19-25(32)30-11-3-4-21(18-30)17-28-12-14-29(15-13-28)24-5-1-2-10-27-24/h1-2,5-10,21H,3-4,11-19H2,(H2,26,31). The summed E-state index contributed by atoms with van der Waals surface area (Å²) in [6.07, 6.45) is 4.24. The Hall–Kier alpha value is -3.13. The number of carbonyl (C=O) groups excluding carboxylic acids is 2. The zero-order valence-electron chi connectivity index (χ0n) is 19.1. The van der Waals surface area contributed by atoms with E-state index in [0.717, 1.165) is 70.0 Å². The second-order valence-electron chi connectivity index (χ2n) is 8.90. The SMILES string of the molecule is NC(=O)Cc1ccc(OCC(=O)N2CCCC(CN3CCN(c4ccccn4)CC3)C2)cc1. The molecule has 1 aromatic carbocycles. The van der Waals surface area contributed by atoms with Crippen LogP contribution in [0.5, 0.6) is 5.75 Å². The van der Waals surface area contributed by atoms with Crippen LogP contribution in [0.2, 0.25) is 0 Å². The van der Waals surface area contributed by atoms with Gasteiger partial charge < -0.3 is 20.3 Å². The summed E-state index contributed by atoms with van der Waals surface area (Å²) < 4.78 is 5.69. The van der Waals surface area contributed by atoms with Crippen molar-refractivity contribution in [3.8, 4) is 5.75 Å². The van der Waals surface area contributed by atoms with Crippen molar-refractivity contribution in [2.45, 2.75) is 19.3 Å². The van der Waals surface area contributed by atoms with Gasteiger partial charge in [-0.2, -0.15) is 0 Å². The van der Waals surface area contributed by atoms with Crippen LogP contribution in [-0.4, -0.2) is 79.0 Å². The molecule has 33 heavy (non-hydrogen) atoms. The first-order valence-corrected chi connectivity index (χ1v) is 11.7. The van der Waals surface area contributed by atoms with E-state index in [1.54, 1.807) is 24.3 Å². The van der Waals surface area contributed by atoms with Gasteiger partial charge in [-0.3, -0.25) is 14.5 Å². The van der Waals surface area contributed by atoms with Gasteiger partial charge in [-0.05, 0) is 48.6 Å². The van der Waals surface area contributed by atoms with Gasteiger partial charge in [-0.15, -0.1) is 0 Å². The molecule has 8 heteroatoms. The summed E-state index contributed by atoms with van der Waals surface area (Å²) in [7, 11) is 0. The number of hydrogen-bond donors (Lipinski definition) is 1. The van der Waals surface area contributed by atoms with Crippen molar-refractivity contribution in [2.75, 3.05) is 57.3 Å². The minimum absolute atomic E-state index is 0.0286. The van der Waals surface area contributed by atoms with Crippen molar-refractivity contribution in [3.05, 3.63) is 54.2 Å². The molecule has 0 saturated carbocycles. The quantitative estimate of drug-likeness (QED) is 0.655. The number of nitrogens with zero attached hydrogens (tertiary/aromatic N) is 4. The van der Waals surface area contributed by atoms with Crippen LogP contribution in [0.25, 0.3) is 0 Å². The fourth-order valence-electron chi connectivity index (χ4n) is 4.65. The van der Waals surface area contributed by atoms with Gasteiger partial charge >= 0.3 is 0 Å². The molecule has 2 fully saturated rings. The Kier molecular flexibility index (Phi) is 7.78. The molecule has 0 spiro atoms. The van der Waals surface area contributed by atoms with E-state index in [1.165, 1.54) is 0 Å². The van der Waals surface area contributed by atoms with Crippen LogP contribution >= 0.6 is 0 Å². The van der Waals surface area contributed by atoms with E-state index in [4.69, 9.17) is 10.5 Å². The third kappa shape index (κ3) is 6.68. The number of anilines is 1. The number of aromatic nitrogens is 1. The van der Waals surface area contributed by atoms with Crippen LogP contribution in [-0.2, 0) is 16.0 Å². The van der Waals surface area contributed by atoms with Crippen molar-refractivity contribution >= 4 is 17.6 Å². The summed E-state index contributed by atoms with van der Waals surface area (Å²) in [6, 6.07) is 13.2. The number of rotatable bonds is 8. The number of hydrogen-bond acceptors (Lipinski definition) is 6. The maximum atomic E-state index is 12.7. The van der Waals surface area contributed by atoms with Crippen molar-refractivity contribution in [3.63, 3.8) is 0 Å². The van der Waals surface area contributed by atoms with E-state index in [1.807, 2.05) is 23.2 Å². The highest BCUT2D eigenvalue weighted by atomic mass is 16.5. The Morgan fingerprint density at radius 2 is 1.82 bits per heavy atom. The molecule has 2 N–H and O–H groups in total. The van der Waals surface area contributed by atoms with Crippen molar-refractivity contribution in [2.24, 2.45) is 11.7 Å². The summed E-state index contributed by atoms with van der Waals surface area (Å²) in [5, 5.41) is 0. The molecule has 0 radical (unpaired) electrons. The average Bonchev–Trinajstić information content (AvgIpc) is 2.84. The van der Waals surface area contributed by atoms with Gasteiger partial charge in [0, 0.05) is 52.0 Å². The number of ether oxygens (including phenoxy) is 1. The summed E-state index contributed by atoms with van der Waals surface area (Å²) in [5.74, 6) is 1.83. The summed E-state index contributed by atoms with van der Waals surface area (Å²) in [6.45, 7) is 6.67.